The molecule has 1 fully saturated rings. The van der Waals surface area contributed by atoms with Crippen LogP contribution in [-0.4, -0.2) is 32.9 Å². The Hall–Kier alpha value is -2.42. The molecule has 1 aliphatic carbocycles. The summed E-state index contributed by atoms with van der Waals surface area (Å²) in [6.45, 7) is 3.14. The molecule has 1 aromatic carbocycles. The van der Waals surface area contributed by atoms with Crippen LogP contribution in [0.25, 0.3) is 10.8 Å². The summed E-state index contributed by atoms with van der Waals surface area (Å²) in [5, 5.41) is 16.5. The fourth-order valence-corrected chi connectivity index (χ4v) is 3.06. The maximum atomic E-state index is 13.0. The van der Waals surface area contributed by atoms with Gasteiger partial charge in [0.2, 0.25) is 5.91 Å². The molecule has 0 bridgehead atoms. The first-order valence-electron chi connectivity index (χ1n) is 8.67. The van der Waals surface area contributed by atoms with Crippen molar-refractivity contribution in [1.29, 1.82) is 0 Å². The van der Waals surface area contributed by atoms with E-state index in [2.05, 4.69) is 10.4 Å². The monoisotopic (exact) mass is 383 g/mol. The van der Waals surface area contributed by atoms with Gasteiger partial charge >= 0.3 is 6.18 Å². The van der Waals surface area contributed by atoms with Gasteiger partial charge in [0.15, 0.2) is 0 Å². The van der Waals surface area contributed by atoms with Crippen LogP contribution in [0.2, 0.25) is 0 Å². The first-order valence-corrected chi connectivity index (χ1v) is 8.67. The summed E-state index contributed by atoms with van der Waals surface area (Å²) in [6, 6.07) is 2.56. The Bertz CT molecular complexity index is 937. The second-order valence-corrected chi connectivity index (χ2v) is 7.08. The molecular formula is C18H20F3N3O3. The number of nitrogens with zero attached hydrogens (tertiary/aromatic N) is 2. The zero-order valence-corrected chi connectivity index (χ0v) is 14.9. The van der Waals surface area contributed by atoms with E-state index < -0.39 is 29.3 Å². The molecular weight excluding hydrogens is 363 g/mol. The lowest BCUT2D eigenvalue weighted by Crippen LogP contribution is -2.51. The highest BCUT2D eigenvalue weighted by molar-refractivity contribution is 5.85. The summed E-state index contributed by atoms with van der Waals surface area (Å²) in [5.74, 6) is -0.728. The molecule has 1 saturated carbocycles. The van der Waals surface area contributed by atoms with E-state index in [0.717, 1.165) is 22.9 Å². The van der Waals surface area contributed by atoms with Gasteiger partial charge in [-0.15, -0.1) is 0 Å². The van der Waals surface area contributed by atoms with Gasteiger partial charge in [-0.25, -0.2) is 4.68 Å². The third-order valence-electron chi connectivity index (χ3n) is 4.74. The predicted octanol–water partition coefficient (Wildman–Crippen LogP) is 2.18. The van der Waals surface area contributed by atoms with E-state index in [-0.39, 0.29) is 29.3 Å². The molecule has 146 valence electrons. The largest absolute Gasteiger partial charge is 0.416 e. The number of amides is 1. The van der Waals surface area contributed by atoms with Crippen LogP contribution < -0.4 is 10.9 Å². The molecule has 1 aliphatic rings. The van der Waals surface area contributed by atoms with E-state index in [0.29, 0.717) is 18.5 Å². The molecule has 0 saturated heterocycles. The topological polar surface area (TPSA) is 84.2 Å². The molecule has 2 atom stereocenters. The lowest BCUT2D eigenvalue weighted by atomic mass is 9.89. The molecule has 0 spiro atoms. The highest BCUT2D eigenvalue weighted by atomic mass is 19.4. The number of hydrogen-bond donors (Lipinski definition) is 2. The minimum atomic E-state index is -4.53. The molecule has 0 aliphatic heterocycles. The Morgan fingerprint density at radius 2 is 2.04 bits per heavy atom. The van der Waals surface area contributed by atoms with E-state index in [1.165, 1.54) is 0 Å². The number of hydrogen-bond acceptors (Lipinski definition) is 4. The minimum absolute atomic E-state index is 0.0816. The summed E-state index contributed by atoms with van der Waals surface area (Å²) in [5.41, 5.74) is -1.17. The average molecular weight is 383 g/mol. The Morgan fingerprint density at radius 3 is 2.56 bits per heavy atom. The molecule has 1 aromatic heterocycles. The quantitative estimate of drug-likeness (QED) is 0.848. The lowest BCUT2D eigenvalue weighted by molar-refractivity contribution is -0.137. The van der Waals surface area contributed by atoms with Gasteiger partial charge in [0, 0.05) is 5.39 Å². The Kier molecular flexibility index (Phi) is 4.98. The molecule has 1 heterocycles. The number of halogens is 3. The number of aliphatic hydroxyl groups is 1. The number of fused-ring (bicyclic) bond motifs is 1. The molecule has 0 unspecified atom stereocenters. The van der Waals surface area contributed by atoms with Crippen LogP contribution >= 0.6 is 0 Å². The van der Waals surface area contributed by atoms with Crippen molar-refractivity contribution < 1.29 is 23.1 Å². The normalized spacial score (nSPS) is 20.0. The van der Waals surface area contributed by atoms with Crippen molar-refractivity contribution in [3.8, 4) is 0 Å². The van der Waals surface area contributed by atoms with Crippen molar-refractivity contribution in [3.05, 3.63) is 39.8 Å². The van der Waals surface area contributed by atoms with Gasteiger partial charge in [0.05, 0.1) is 28.8 Å². The molecule has 0 radical (unpaired) electrons. The van der Waals surface area contributed by atoms with E-state index in [1.54, 1.807) is 13.8 Å². The highest BCUT2D eigenvalue weighted by Gasteiger charge is 2.32. The second-order valence-electron chi connectivity index (χ2n) is 7.08. The van der Waals surface area contributed by atoms with Crippen molar-refractivity contribution >= 4 is 16.7 Å². The van der Waals surface area contributed by atoms with Crippen LogP contribution in [0.1, 0.15) is 43.9 Å². The molecule has 2 N–H and O–H groups in total. The van der Waals surface area contributed by atoms with E-state index in [1.807, 2.05) is 0 Å². The van der Waals surface area contributed by atoms with Crippen molar-refractivity contribution in [2.45, 2.75) is 57.5 Å². The zero-order chi connectivity index (χ0) is 19.9. The minimum Gasteiger partial charge on any atom is -0.391 e. The van der Waals surface area contributed by atoms with Gasteiger partial charge in [-0.05, 0) is 37.0 Å². The van der Waals surface area contributed by atoms with Crippen LogP contribution in [0.4, 0.5) is 13.2 Å². The predicted molar refractivity (Wildman–Crippen MR) is 92.3 cm³/mol. The fraction of sp³-hybridized carbons (Fsp3) is 0.500. The number of aliphatic hydroxyl groups excluding tert-OH is 1. The van der Waals surface area contributed by atoms with Crippen LogP contribution in [0.15, 0.2) is 23.0 Å². The summed E-state index contributed by atoms with van der Waals surface area (Å²) >= 11 is 0. The van der Waals surface area contributed by atoms with Crippen molar-refractivity contribution in [3.63, 3.8) is 0 Å². The molecule has 3 rings (SSSR count). The number of alkyl halides is 3. The number of aromatic nitrogens is 2. The lowest BCUT2D eigenvalue weighted by Gasteiger charge is -2.32. The maximum absolute atomic E-state index is 13.0. The van der Waals surface area contributed by atoms with Gasteiger partial charge in [0.1, 0.15) is 6.54 Å². The van der Waals surface area contributed by atoms with Crippen LogP contribution in [0.3, 0.4) is 0 Å². The number of benzene rings is 1. The first kappa shape index (κ1) is 19.3. The first-order chi connectivity index (χ1) is 12.6. The Morgan fingerprint density at radius 1 is 1.33 bits per heavy atom. The molecule has 1 amide bonds. The summed E-state index contributed by atoms with van der Waals surface area (Å²) < 4.78 is 40.0. The number of nitrogens with one attached hydrogen (secondary N) is 1. The van der Waals surface area contributed by atoms with Crippen LogP contribution in [-0.2, 0) is 17.5 Å². The molecule has 9 heteroatoms. The Labute approximate surface area is 153 Å². The van der Waals surface area contributed by atoms with E-state index in [4.69, 9.17) is 0 Å². The SMILES string of the molecule is CC(C)c1nn(CC(=O)N[C@@H]2CC[C@H]2O)c(=O)c2ccc(C(F)(F)F)cc12. The second kappa shape index (κ2) is 6.95. The number of carbonyl (C=O) groups excluding carboxylic acids is 1. The summed E-state index contributed by atoms with van der Waals surface area (Å²) in [6.07, 6.45) is -3.86. The third kappa shape index (κ3) is 3.83. The van der Waals surface area contributed by atoms with Gasteiger partial charge in [0.25, 0.3) is 5.56 Å². The number of carbonyl (C=O) groups is 1. The van der Waals surface area contributed by atoms with E-state index >= 15 is 0 Å². The Balaban J connectivity index is 2.00. The van der Waals surface area contributed by atoms with Crippen molar-refractivity contribution in [2.75, 3.05) is 0 Å². The smallest absolute Gasteiger partial charge is 0.391 e. The molecule has 27 heavy (non-hydrogen) atoms. The van der Waals surface area contributed by atoms with Crippen LogP contribution in [0.5, 0.6) is 0 Å². The summed E-state index contributed by atoms with van der Waals surface area (Å²) in [7, 11) is 0. The third-order valence-corrected chi connectivity index (χ3v) is 4.74. The maximum Gasteiger partial charge on any atom is 0.416 e. The molecule has 6 nitrogen and oxygen atoms in total. The standard InChI is InChI=1S/C18H20F3N3O3/c1-9(2)16-12-7-10(18(19,20)21)3-4-11(12)17(27)24(23-16)8-15(26)22-13-5-6-14(13)25/h3-4,7,9,13-14,25H,5-6,8H2,1-2H3,(H,22,26)/t13-,14-/m1/s1. The van der Waals surface area contributed by atoms with Gasteiger partial charge in [-0.1, -0.05) is 13.8 Å². The number of rotatable bonds is 4. The summed E-state index contributed by atoms with van der Waals surface area (Å²) in [4.78, 5) is 24.8. The average Bonchev–Trinajstić information content (AvgIpc) is 2.59. The van der Waals surface area contributed by atoms with Crippen molar-refractivity contribution in [2.24, 2.45) is 0 Å². The zero-order valence-electron chi connectivity index (χ0n) is 14.9. The van der Waals surface area contributed by atoms with Gasteiger partial charge in [-0.2, -0.15) is 18.3 Å². The van der Waals surface area contributed by atoms with Gasteiger partial charge < -0.3 is 10.4 Å². The van der Waals surface area contributed by atoms with E-state index in [9.17, 15) is 27.9 Å². The fourth-order valence-electron chi connectivity index (χ4n) is 3.06. The highest BCUT2D eigenvalue weighted by Crippen LogP contribution is 2.32. The van der Waals surface area contributed by atoms with Crippen LogP contribution in [0, 0.1) is 0 Å². The van der Waals surface area contributed by atoms with Gasteiger partial charge in [-0.3, -0.25) is 9.59 Å². The molecule has 2 aromatic rings. The van der Waals surface area contributed by atoms with Crippen molar-refractivity contribution in [1.82, 2.24) is 15.1 Å².